The topological polar surface area (TPSA) is 52.7 Å². The van der Waals surface area contributed by atoms with E-state index in [1.165, 1.54) is 5.56 Å². The molecule has 1 aromatic heterocycles. The molecule has 0 atom stereocenters. The predicted octanol–water partition coefficient (Wildman–Crippen LogP) is 2.78. The fourth-order valence-corrected chi connectivity index (χ4v) is 3.81. The van der Waals surface area contributed by atoms with Crippen LogP contribution in [-0.2, 0) is 17.6 Å². The quantitative estimate of drug-likeness (QED) is 0.879. The van der Waals surface area contributed by atoms with Crippen molar-refractivity contribution in [2.24, 2.45) is 0 Å². The molecule has 3 amide bonds. The van der Waals surface area contributed by atoms with E-state index in [0.29, 0.717) is 32.6 Å². The second kappa shape index (κ2) is 9.38. The molecule has 2 aromatic rings. The van der Waals surface area contributed by atoms with Crippen LogP contribution in [0.3, 0.4) is 0 Å². The number of nitrogens with zero attached hydrogens (tertiary/aromatic N) is 2. The molecule has 26 heavy (non-hydrogen) atoms. The van der Waals surface area contributed by atoms with Gasteiger partial charge in [-0.25, -0.2) is 4.79 Å². The van der Waals surface area contributed by atoms with E-state index in [4.69, 9.17) is 0 Å². The van der Waals surface area contributed by atoms with E-state index in [0.717, 1.165) is 24.3 Å². The first kappa shape index (κ1) is 18.5. The lowest BCUT2D eigenvalue weighted by molar-refractivity contribution is -0.130. The summed E-state index contributed by atoms with van der Waals surface area (Å²) in [5.41, 5.74) is 1.22. The van der Waals surface area contributed by atoms with E-state index >= 15 is 0 Å². The van der Waals surface area contributed by atoms with Crippen molar-refractivity contribution in [2.45, 2.75) is 19.3 Å². The Kier molecular flexibility index (Phi) is 6.66. The average Bonchev–Trinajstić information content (AvgIpc) is 3.03. The first-order valence-corrected chi connectivity index (χ1v) is 9.97. The van der Waals surface area contributed by atoms with E-state index in [1.54, 1.807) is 11.3 Å². The van der Waals surface area contributed by atoms with Gasteiger partial charge in [0.2, 0.25) is 5.91 Å². The monoisotopic (exact) mass is 371 g/mol. The van der Waals surface area contributed by atoms with Crippen LogP contribution < -0.4 is 5.32 Å². The second-order valence-corrected chi connectivity index (χ2v) is 7.48. The molecule has 1 fully saturated rings. The molecule has 5 nitrogen and oxygen atoms in total. The lowest BCUT2D eigenvalue weighted by Crippen LogP contribution is -2.43. The van der Waals surface area contributed by atoms with Gasteiger partial charge in [0.1, 0.15) is 0 Å². The van der Waals surface area contributed by atoms with E-state index in [1.807, 2.05) is 45.5 Å². The first-order valence-electron chi connectivity index (χ1n) is 9.09. The third kappa shape index (κ3) is 5.33. The number of amides is 3. The van der Waals surface area contributed by atoms with Crippen molar-refractivity contribution in [3.8, 4) is 0 Å². The fourth-order valence-electron chi connectivity index (χ4n) is 3.11. The third-order valence-electron chi connectivity index (χ3n) is 4.57. The minimum atomic E-state index is -0.0338. The van der Waals surface area contributed by atoms with Gasteiger partial charge in [0, 0.05) is 37.6 Å². The Bertz CT molecular complexity index is 703. The molecule has 6 heteroatoms. The molecule has 0 saturated carbocycles. The predicted molar refractivity (Wildman–Crippen MR) is 104 cm³/mol. The van der Waals surface area contributed by atoms with Gasteiger partial charge in [-0.2, -0.15) is 0 Å². The minimum Gasteiger partial charge on any atom is -0.341 e. The largest absolute Gasteiger partial charge is 0.341 e. The summed E-state index contributed by atoms with van der Waals surface area (Å²) in [5, 5.41) is 4.99. The van der Waals surface area contributed by atoms with Gasteiger partial charge in [-0.05, 0) is 29.9 Å². The highest BCUT2D eigenvalue weighted by Crippen LogP contribution is 2.12. The number of benzene rings is 1. The van der Waals surface area contributed by atoms with Crippen molar-refractivity contribution in [2.75, 3.05) is 32.7 Å². The molecule has 1 N–H and O–H groups in total. The molecule has 1 aromatic carbocycles. The normalized spacial score (nSPS) is 14.8. The molecule has 1 saturated heterocycles. The number of urea groups is 1. The summed E-state index contributed by atoms with van der Waals surface area (Å²) in [6.45, 7) is 3.24. The zero-order chi connectivity index (χ0) is 18.2. The van der Waals surface area contributed by atoms with Crippen LogP contribution in [-0.4, -0.2) is 54.5 Å². The number of nitrogens with one attached hydrogen (secondary N) is 1. The lowest BCUT2D eigenvalue weighted by Gasteiger charge is -2.22. The van der Waals surface area contributed by atoms with Gasteiger partial charge in [0.05, 0.1) is 6.42 Å². The highest BCUT2D eigenvalue weighted by atomic mass is 32.1. The molecule has 0 spiro atoms. The van der Waals surface area contributed by atoms with Crippen LogP contribution in [0.1, 0.15) is 16.9 Å². The Morgan fingerprint density at radius 2 is 1.73 bits per heavy atom. The number of rotatable bonds is 5. The Labute approximate surface area is 158 Å². The van der Waals surface area contributed by atoms with Crippen molar-refractivity contribution < 1.29 is 9.59 Å². The summed E-state index contributed by atoms with van der Waals surface area (Å²) in [5.74, 6) is 0.152. The zero-order valence-corrected chi connectivity index (χ0v) is 15.7. The second-order valence-electron chi connectivity index (χ2n) is 6.45. The molecular weight excluding hydrogens is 346 g/mol. The Balaban J connectivity index is 1.42. The maximum absolute atomic E-state index is 12.4. The highest BCUT2D eigenvalue weighted by molar-refractivity contribution is 7.10. The van der Waals surface area contributed by atoms with Crippen LogP contribution >= 0.6 is 11.3 Å². The van der Waals surface area contributed by atoms with Gasteiger partial charge in [-0.1, -0.05) is 36.4 Å². The van der Waals surface area contributed by atoms with Crippen LogP contribution in [0.4, 0.5) is 4.79 Å². The van der Waals surface area contributed by atoms with E-state index in [9.17, 15) is 9.59 Å². The first-order chi connectivity index (χ1) is 12.7. The van der Waals surface area contributed by atoms with Crippen molar-refractivity contribution in [3.63, 3.8) is 0 Å². The lowest BCUT2D eigenvalue weighted by atomic mass is 10.1. The number of hydrogen-bond acceptors (Lipinski definition) is 3. The van der Waals surface area contributed by atoms with Gasteiger partial charge in [0.15, 0.2) is 0 Å². The van der Waals surface area contributed by atoms with Gasteiger partial charge >= 0.3 is 6.03 Å². The smallest absolute Gasteiger partial charge is 0.317 e. The van der Waals surface area contributed by atoms with Gasteiger partial charge in [0.25, 0.3) is 0 Å². The standard InChI is InChI=1S/C20H25N3O2S/c24-19(16-18-8-4-15-26-18)22-11-5-12-23(14-13-22)20(25)21-10-9-17-6-2-1-3-7-17/h1-4,6-8,15H,5,9-14,16H2,(H,21,25). The van der Waals surface area contributed by atoms with Crippen LogP contribution in [0.5, 0.6) is 0 Å². The van der Waals surface area contributed by atoms with Gasteiger partial charge in [-0.3, -0.25) is 4.79 Å². The SMILES string of the molecule is O=C(Cc1cccs1)N1CCCN(C(=O)NCCc2ccccc2)CC1. The average molecular weight is 372 g/mol. The molecule has 1 aliphatic rings. The summed E-state index contributed by atoms with van der Waals surface area (Å²) in [4.78, 5) is 29.6. The summed E-state index contributed by atoms with van der Waals surface area (Å²) < 4.78 is 0. The van der Waals surface area contributed by atoms with Crippen LogP contribution in [0.2, 0.25) is 0 Å². The molecule has 1 aliphatic heterocycles. The molecule has 138 valence electrons. The van der Waals surface area contributed by atoms with E-state index < -0.39 is 0 Å². The number of thiophene rings is 1. The Morgan fingerprint density at radius 3 is 2.50 bits per heavy atom. The van der Waals surface area contributed by atoms with Crippen molar-refractivity contribution in [3.05, 3.63) is 58.3 Å². The molecule has 0 aliphatic carbocycles. The Morgan fingerprint density at radius 1 is 0.962 bits per heavy atom. The summed E-state index contributed by atoms with van der Waals surface area (Å²) in [7, 11) is 0. The molecule has 2 heterocycles. The number of hydrogen-bond donors (Lipinski definition) is 1. The third-order valence-corrected chi connectivity index (χ3v) is 5.45. The number of carbonyl (C=O) groups is 2. The molecule has 0 unspecified atom stereocenters. The molecule has 0 bridgehead atoms. The maximum atomic E-state index is 12.4. The summed E-state index contributed by atoms with van der Waals surface area (Å²) >= 11 is 1.61. The van der Waals surface area contributed by atoms with Gasteiger partial charge < -0.3 is 15.1 Å². The fraction of sp³-hybridized carbons (Fsp3) is 0.400. The molecule has 3 rings (SSSR count). The van der Waals surface area contributed by atoms with Gasteiger partial charge in [-0.15, -0.1) is 11.3 Å². The van der Waals surface area contributed by atoms with Crippen LogP contribution in [0.25, 0.3) is 0 Å². The molecule has 0 radical (unpaired) electrons. The Hall–Kier alpha value is -2.34. The highest BCUT2D eigenvalue weighted by Gasteiger charge is 2.22. The van der Waals surface area contributed by atoms with Crippen molar-refractivity contribution in [1.82, 2.24) is 15.1 Å². The van der Waals surface area contributed by atoms with E-state index in [-0.39, 0.29) is 11.9 Å². The summed E-state index contributed by atoms with van der Waals surface area (Å²) in [6, 6.07) is 14.1. The van der Waals surface area contributed by atoms with Crippen LogP contribution in [0, 0.1) is 0 Å². The van der Waals surface area contributed by atoms with E-state index in [2.05, 4.69) is 17.4 Å². The van der Waals surface area contributed by atoms with Crippen molar-refractivity contribution >= 4 is 23.3 Å². The van der Waals surface area contributed by atoms with Crippen molar-refractivity contribution in [1.29, 1.82) is 0 Å². The zero-order valence-electron chi connectivity index (χ0n) is 14.9. The summed E-state index contributed by atoms with van der Waals surface area (Å²) in [6.07, 6.45) is 2.11. The maximum Gasteiger partial charge on any atom is 0.317 e. The molecular formula is C20H25N3O2S. The number of carbonyl (C=O) groups excluding carboxylic acids is 2. The minimum absolute atomic E-state index is 0.0338. The van der Waals surface area contributed by atoms with Crippen LogP contribution in [0.15, 0.2) is 47.8 Å².